The van der Waals surface area contributed by atoms with E-state index in [1.165, 1.54) is 0 Å². The fourth-order valence-corrected chi connectivity index (χ4v) is 3.47. The van der Waals surface area contributed by atoms with Crippen molar-refractivity contribution in [1.82, 2.24) is 10.3 Å². The standard InChI is InChI=1S/C20H20N2O/c23-20(17-12-6-7-13-21-17)18-15-10-4-5-11-16(15)22-19(18)14-8-2-1-3-9-14/h1-5,8-11,17,21-22H,6-7,12-13H2/t17-/m1/s1. The molecule has 23 heavy (non-hydrogen) atoms. The predicted molar refractivity (Wildman–Crippen MR) is 93.7 cm³/mol. The Morgan fingerprint density at radius 1 is 0.957 bits per heavy atom. The lowest BCUT2D eigenvalue weighted by Gasteiger charge is -2.22. The zero-order valence-electron chi connectivity index (χ0n) is 13.0. The number of carbonyl (C=O) groups is 1. The lowest BCUT2D eigenvalue weighted by atomic mass is 9.93. The van der Waals surface area contributed by atoms with Gasteiger partial charge in [-0.15, -0.1) is 0 Å². The van der Waals surface area contributed by atoms with Crippen LogP contribution in [0.1, 0.15) is 29.6 Å². The minimum atomic E-state index is -0.0644. The van der Waals surface area contributed by atoms with E-state index in [4.69, 9.17) is 0 Å². The Kier molecular flexibility index (Phi) is 3.72. The van der Waals surface area contributed by atoms with Gasteiger partial charge in [-0.3, -0.25) is 4.79 Å². The van der Waals surface area contributed by atoms with E-state index in [-0.39, 0.29) is 11.8 Å². The maximum Gasteiger partial charge on any atom is 0.182 e. The number of benzene rings is 2. The summed E-state index contributed by atoms with van der Waals surface area (Å²) >= 11 is 0. The van der Waals surface area contributed by atoms with Gasteiger partial charge in [-0.05, 0) is 31.0 Å². The highest BCUT2D eigenvalue weighted by Crippen LogP contribution is 2.32. The largest absolute Gasteiger partial charge is 0.354 e. The highest BCUT2D eigenvalue weighted by molar-refractivity contribution is 6.15. The summed E-state index contributed by atoms with van der Waals surface area (Å²) < 4.78 is 0. The lowest BCUT2D eigenvalue weighted by molar-refractivity contribution is 0.0929. The third kappa shape index (κ3) is 2.57. The molecule has 0 unspecified atom stereocenters. The molecule has 1 aliphatic rings. The monoisotopic (exact) mass is 304 g/mol. The van der Waals surface area contributed by atoms with Gasteiger partial charge in [-0.25, -0.2) is 0 Å². The van der Waals surface area contributed by atoms with Crippen LogP contribution in [0.25, 0.3) is 22.2 Å². The molecule has 0 amide bonds. The molecule has 1 atom stereocenters. The van der Waals surface area contributed by atoms with Crippen molar-refractivity contribution >= 4 is 16.7 Å². The average Bonchev–Trinajstić information content (AvgIpc) is 3.02. The fraction of sp³-hybridized carbons (Fsp3) is 0.250. The van der Waals surface area contributed by atoms with E-state index in [1.54, 1.807) is 0 Å². The predicted octanol–water partition coefficient (Wildman–Crippen LogP) is 4.16. The quantitative estimate of drug-likeness (QED) is 0.714. The van der Waals surface area contributed by atoms with Crippen molar-refractivity contribution < 1.29 is 4.79 Å². The van der Waals surface area contributed by atoms with E-state index in [1.807, 2.05) is 42.5 Å². The Labute approximate surface area is 135 Å². The molecule has 2 N–H and O–H groups in total. The molecule has 1 aromatic heterocycles. The van der Waals surface area contributed by atoms with Crippen LogP contribution in [0.3, 0.4) is 0 Å². The van der Waals surface area contributed by atoms with Crippen molar-refractivity contribution in [3.63, 3.8) is 0 Å². The van der Waals surface area contributed by atoms with Gasteiger partial charge in [0.05, 0.1) is 17.3 Å². The van der Waals surface area contributed by atoms with Crippen molar-refractivity contribution in [3.8, 4) is 11.3 Å². The molecule has 3 heteroatoms. The van der Waals surface area contributed by atoms with Crippen molar-refractivity contribution in [3.05, 3.63) is 60.2 Å². The zero-order chi connectivity index (χ0) is 15.6. The molecule has 1 saturated heterocycles. The number of Topliss-reactive ketones (excluding diaryl/α,β-unsaturated/α-hetero) is 1. The number of hydrogen-bond acceptors (Lipinski definition) is 2. The Morgan fingerprint density at radius 2 is 1.74 bits per heavy atom. The minimum absolute atomic E-state index is 0.0644. The first-order valence-corrected chi connectivity index (χ1v) is 8.28. The minimum Gasteiger partial charge on any atom is -0.354 e. The second-order valence-electron chi connectivity index (χ2n) is 6.15. The summed E-state index contributed by atoms with van der Waals surface area (Å²) in [5.74, 6) is 0.209. The number of H-pyrrole nitrogens is 1. The molecule has 3 aromatic rings. The van der Waals surface area contributed by atoms with Crippen molar-refractivity contribution in [2.45, 2.75) is 25.3 Å². The fourth-order valence-electron chi connectivity index (χ4n) is 3.47. The first-order valence-electron chi connectivity index (χ1n) is 8.28. The van der Waals surface area contributed by atoms with Gasteiger partial charge >= 0.3 is 0 Å². The third-order valence-electron chi connectivity index (χ3n) is 4.64. The number of fused-ring (bicyclic) bond motifs is 1. The van der Waals surface area contributed by atoms with Gasteiger partial charge < -0.3 is 10.3 Å². The van der Waals surface area contributed by atoms with Gasteiger partial charge in [-0.2, -0.15) is 0 Å². The van der Waals surface area contributed by atoms with E-state index >= 15 is 0 Å². The number of nitrogens with one attached hydrogen (secondary N) is 2. The van der Waals surface area contributed by atoms with Crippen LogP contribution in [0.5, 0.6) is 0 Å². The van der Waals surface area contributed by atoms with E-state index in [9.17, 15) is 4.79 Å². The van der Waals surface area contributed by atoms with Crippen molar-refractivity contribution in [2.75, 3.05) is 6.54 Å². The molecule has 1 aliphatic heterocycles. The highest BCUT2D eigenvalue weighted by atomic mass is 16.1. The molecule has 0 saturated carbocycles. The molecular formula is C20H20N2O. The zero-order valence-corrected chi connectivity index (χ0v) is 13.0. The van der Waals surface area contributed by atoms with Crippen LogP contribution in [0.15, 0.2) is 54.6 Å². The number of rotatable bonds is 3. The van der Waals surface area contributed by atoms with E-state index in [0.29, 0.717) is 0 Å². The topological polar surface area (TPSA) is 44.9 Å². The summed E-state index contributed by atoms with van der Waals surface area (Å²) in [4.78, 5) is 16.6. The normalized spacial score (nSPS) is 18.2. The SMILES string of the molecule is O=C(c1c(-c2ccccc2)[nH]c2ccccc12)[C@H]1CCCCN1. The summed E-state index contributed by atoms with van der Waals surface area (Å²) in [6.45, 7) is 0.930. The molecule has 0 bridgehead atoms. The second kappa shape index (κ2) is 6.01. The highest BCUT2D eigenvalue weighted by Gasteiger charge is 2.27. The number of aromatic nitrogens is 1. The Morgan fingerprint density at radius 3 is 2.52 bits per heavy atom. The van der Waals surface area contributed by atoms with Crippen molar-refractivity contribution in [2.24, 2.45) is 0 Å². The smallest absolute Gasteiger partial charge is 0.182 e. The van der Waals surface area contributed by atoms with Crippen LogP contribution in [0.2, 0.25) is 0 Å². The second-order valence-corrected chi connectivity index (χ2v) is 6.15. The van der Waals surface area contributed by atoms with Gasteiger partial charge in [0.2, 0.25) is 0 Å². The summed E-state index contributed by atoms with van der Waals surface area (Å²) in [6.07, 6.45) is 3.20. The Balaban J connectivity index is 1.87. The molecule has 0 radical (unpaired) electrons. The molecule has 2 heterocycles. The van der Waals surface area contributed by atoms with Crippen LogP contribution in [0.4, 0.5) is 0 Å². The van der Waals surface area contributed by atoms with E-state index in [0.717, 1.165) is 53.5 Å². The van der Waals surface area contributed by atoms with Crippen LogP contribution in [0, 0.1) is 0 Å². The van der Waals surface area contributed by atoms with Gasteiger partial charge in [-0.1, -0.05) is 55.0 Å². The number of carbonyl (C=O) groups excluding carboxylic acids is 1. The maximum atomic E-state index is 13.2. The number of hydrogen-bond donors (Lipinski definition) is 2. The lowest BCUT2D eigenvalue weighted by Crippen LogP contribution is -2.40. The average molecular weight is 304 g/mol. The first-order chi connectivity index (χ1) is 11.3. The van der Waals surface area contributed by atoms with Gasteiger partial charge in [0.25, 0.3) is 0 Å². The van der Waals surface area contributed by atoms with Gasteiger partial charge in [0, 0.05) is 10.9 Å². The number of piperidine rings is 1. The number of para-hydroxylation sites is 1. The van der Waals surface area contributed by atoms with E-state index < -0.39 is 0 Å². The number of aromatic amines is 1. The molecular weight excluding hydrogens is 284 g/mol. The Bertz CT molecular complexity index is 829. The summed E-state index contributed by atoms with van der Waals surface area (Å²) in [6, 6.07) is 18.1. The third-order valence-corrected chi connectivity index (χ3v) is 4.64. The van der Waals surface area contributed by atoms with Crippen LogP contribution in [-0.2, 0) is 0 Å². The molecule has 0 aliphatic carbocycles. The molecule has 4 rings (SSSR count). The van der Waals surface area contributed by atoms with Crippen LogP contribution in [-0.4, -0.2) is 23.4 Å². The molecule has 2 aromatic carbocycles. The number of ketones is 1. The molecule has 3 nitrogen and oxygen atoms in total. The molecule has 1 fully saturated rings. The maximum absolute atomic E-state index is 13.2. The Hall–Kier alpha value is -2.39. The summed E-state index contributed by atoms with van der Waals surface area (Å²) in [5, 5.41) is 4.40. The first kappa shape index (κ1) is 14.2. The van der Waals surface area contributed by atoms with Crippen LogP contribution >= 0.6 is 0 Å². The molecule has 116 valence electrons. The summed E-state index contributed by atoms with van der Waals surface area (Å²) in [7, 11) is 0. The van der Waals surface area contributed by atoms with Crippen LogP contribution < -0.4 is 5.32 Å². The summed E-state index contributed by atoms with van der Waals surface area (Å²) in [5.41, 5.74) is 3.84. The molecule has 0 spiro atoms. The van der Waals surface area contributed by atoms with Gasteiger partial charge in [0.1, 0.15) is 0 Å². The van der Waals surface area contributed by atoms with Crippen molar-refractivity contribution in [1.29, 1.82) is 0 Å². The van der Waals surface area contributed by atoms with Gasteiger partial charge in [0.15, 0.2) is 5.78 Å². The van der Waals surface area contributed by atoms with E-state index in [2.05, 4.69) is 22.4 Å².